The van der Waals surface area contributed by atoms with Gasteiger partial charge in [0, 0.05) is 51.1 Å². The van der Waals surface area contributed by atoms with Crippen LogP contribution < -0.4 is 0 Å². The summed E-state index contributed by atoms with van der Waals surface area (Å²) in [4.78, 5) is 25.8. The van der Waals surface area contributed by atoms with Gasteiger partial charge in [0.15, 0.2) is 0 Å². The largest absolute Gasteiger partial charge is 0.336 e. The summed E-state index contributed by atoms with van der Waals surface area (Å²) in [6.45, 7) is 4.45. The Morgan fingerprint density at radius 1 is 1.31 bits per heavy atom. The van der Waals surface area contributed by atoms with Gasteiger partial charge in [0.1, 0.15) is 5.82 Å². The Bertz CT molecular complexity index is 739. The molecule has 1 amide bonds. The van der Waals surface area contributed by atoms with E-state index >= 15 is 0 Å². The first-order chi connectivity index (χ1) is 12.6. The molecule has 0 spiro atoms. The molecule has 1 aliphatic heterocycles. The van der Waals surface area contributed by atoms with Crippen molar-refractivity contribution in [3.8, 4) is 0 Å². The number of aryl methyl sites for hydroxylation is 2. The monoisotopic (exact) mass is 355 g/mol. The number of hydrogen-bond donors (Lipinski definition) is 0. The Labute approximate surface area is 155 Å². The van der Waals surface area contributed by atoms with Gasteiger partial charge in [-0.05, 0) is 44.6 Å². The first-order valence-electron chi connectivity index (χ1n) is 9.47. The maximum Gasteiger partial charge on any atom is 0.224 e. The van der Waals surface area contributed by atoms with Crippen molar-refractivity contribution in [2.24, 2.45) is 0 Å². The molecule has 1 aliphatic rings. The Hall–Kier alpha value is -2.21. The molecule has 0 N–H and O–H groups in total. The average molecular weight is 355 g/mol. The van der Waals surface area contributed by atoms with E-state index in [1.165, 1.54) is 5.56 Å². The highest BCUT2D eigenvalue weighted by Gasteiger charge is 2.29. The summed E-state index contributed by atoms with van der Waals surface area (Å²) in [7, 11) is 4.08. The normalized spacial score (nSPS) is 17.2. The van der Waals surface area contributed by atoms with Crippen LogP contribution in [0, 0.1) is 0 Å². The van der Waals surface area contributed by atoms with Crippen LogP contribution in [0.15, 0.2) is 30.7 Å². The van der Waals surface area contributed by atoms with Crippen LogP contribution in [0.2, 0.25) is 0 Å². The van der Waals surface area contributed by atoms with Crippen LogP contribution in [0.3, 0.4) is 0 Å². The second kappa shape index (κ2) is 8.45. The fraction of sp³-hybridized carbons (Fsp3) is 0.550. The van der Waals surface area contributed by atoms with Crippen LogP contribution in [0.5, 0.6) is 0 Å². The van der Waals surface area contributed by atoms with Gasteiger partial charge in [-0.3, -0.25) is 9.78 Å². The third-order valence-corrected chi connectivity index (χ3v) is 4.96. The molecule has 1 fully saturated rings. The number of likely N-dealkylation sites (tertiary alicyclic amines) is 1. The molecule has 6 nitrogen and oxygen atoms in total. The minimum atomic E-state index is 0.180. The molecule has 1 atom stereocenters. The maximum atomic E-state index is 12.9. The number of rotatable bonds is 7. The van der Waals surface area contributed by atoms with Gasteiger partial charge in [-0.25, -0.2) is 4.98 Å². The molecular weight excluding hydrogens is 326 g/mol. The molecule has 26 heavy (non-hydrogen) atoms. The number of pyridine rings is 1. The predicted molar refractivity (Wildman–Crippen MR) is 102 cm³/mol. The molecule has 3 heterocycles. The van der Waals surface area contributed by atoms with E-state index in [9.17, 15) is 4.79 Å². The van der Waals surface area contributed by atoms with Crippen LogP contribution >= 0.6 is 0 Å². The van der Waals surface area contributed by atoms with Gasteiger partial charge in [0.2, 0.25) is 5.91 Å². The number of amides is 1. The van der Waals surface area contributed by atoms with Crippen LogP contribution in [0.25, 0.3) is 0 Å². The fourth-order valence-corrected chi connectivity index (χ4v) is 3.74. The van der Waals surface area contributed by atoms with Crippen LogP contribution in [0.1, 0.15) is 49.3 Å². The van der Waals surface area contributed by atoms with Crippen molar-refractivity contribution >= 4 is 5.91 Å². The molecular formula is C20H29N5O. The summed E-state index contributed by atoms with van der Waals surface area (Å²) in [6.07, 6.45) is 9.15. The minimum Gasteiger partial charge on any atom is -0.336 e. The number of nitrogens with zero attached hydrogens (tertiary/aromatic N) is 5. The SMILES string of the molecule is CCc1nccn1CCC(=O)N1CCC[C@H]1c1ccnc(CN(C)C)c1. The van der Waals surface area contributed by atoms with E-state index in [-0.39, 0.29) is 11.9 Å². The van der Waals surface area contributed by atoms with E-state index in [1.54, 1.807) is 0 Å². The predicted octanol–water partition coefficient (Wildman–Crippen LogP) is 2.66. The van der Waals surface area contributed by atoms with Crippen molar-refractivity contribution in [3.05, 3.63) is 47.8 Å². The summed E-state index contributed by atoms with van der Waals surface area (Å²) >= 11 is 0. The van der Waals surface area contributed by atoms with E-state index in [1.807, 2.05) is 32.7 Å². The number of aromatic nitrogens is 3. The second-order valence-corrected chi connectivity index (χ2v) is 7.20. The molecule has 140 valence electrons. The quantitative estimate of drug-likeness (QED) is 0.766. The van der Waals surface area contributed by atoms with E-state index in [2.05, 4.69) is 43.4 Å². The minimum absolute atomic E-state index is 0.180. The van der Waals surface area contributed by atoms with E-state index in [4.69, 9.17) is 0 Å². The molecule has 2 aromatic rings. The highest BCUT2D eigenvalue weighted by molar-refractivity contribution is 5.77. The number of hydrogen-bond acceptors (Lipinski definition) is 4. The molecule has 0 saturated carbocycles. The standard InChI is InChI=1S/C20H29N5O/c1-4-19-22-10-13-24(19)12-8-20(26)25-11-5-6-18(25)16-7-9-21-17(14-16)15-23(2)3/h7,9-10,13-14,18H,4-6,8,11-12,15H2,1-3H3/t18-/m0/s1. The van der Waals surface area contributed by atoms with Crippen LogP contribution in [0.4, 0.5) is 0 Å². The zero-order valence-corrected chi connectivity index (χ0v) is 16.1. The third kappa shape index (κ3) is 4.30. The third-order valence-electron chi connectivity index (χ3n) is 4.96. The lowest BCUT2D eigenvalue weighted by Crippen LogP contribution is -2.31. The molecule has 0 radical (unpaired) electrons. The molecule has 0 unspecified atom stereocenters. The number of carbonyl (C=O) groups is 1. The van der Waals surface area contributed by atoms with Gasteiger partial charge < -0.3 is 14.4 Å². The van der Waals surface area contributed by atoms with Crippen LogP contribution in [-0.4, -0.2) is 50.9 Å². The van der Waals surface area contributed by atoms with E-state index in [0.29, 0.717) is 13.0 Å². The fourth-order valence-electron chi connectivity index (χ4n) is 3.74. The molecule has 0 aromatic carbocycles. The Balaban J connectivity index is 1.66. The topological polar surface area (TPSA) is 54.3 Å². The summed E-state index contributed by atoms with van der Waals surface area (Å²) in [6, 6.07) is 4.39. The Morgan fingerprint density at radius 2 is 2.15 bits per heavy atom. The van der Waals surface area contributed by atoms with Gasteiger partial charge in [-0.15, -0.1) is 0 Å². The average Bonchev–Trinajstić information content (AvgIpc) is 3.28. The lowest BCUT2D eigenvalue weighted by Gasteiger charge is -2.26. The van der Waals surface area contributed by atoms with Crippen molar-refractivity contribution in [3.63, 3.8) is 0 Å². The first kappa shape index (κ1) is 18.6. The Morgan fingerprint density at radius 3 is 2.92 bits per heavy atom. The smallest absolute Gasteiger partial charge is 0.224 e. The molecule has 6 heteroatoms. The lowest BCUT2D eigenvalue weighted by atomic mass is 10.0. The van der Waals surface area contributed by atoms with Crippen molar-refractivity contribution in [2.45, 2.75) is 51.7 Å². The Kier molecular flexibility index (Phi) is 6.04. The molecule has 3 rings (SSSR count). The summed E-state index contributed by atoms with van der Waals surface area (Å²) < 4.78 is 2.09. The lowest BCUT2D eigenvalue weighted by molar-refractivity contribution is -0.132. The van der Waals surface area contributed by atoms with Crippen LogP contribution in [-0.2, 0) is 24.3 Å². The zero-order chi connectivity index (χ0) is 18.5. The van der Waals surface area contributed by atoms with Gasteiger partial charge in [0.05, 0.1) is 11.7 Å². The van der Waals surface area contributed by atoms with Gasteiger partial charge in [-0.2, -0.15) is 0 Å². The highest BCUT2D eigenvalue weighted by atomic mass is 16.2. The summed E-state index contributed by atoms with van der Waals surface area (Å²) in [5, 5.41) is 0. The zero-order valence-electron chi connectivity index (χ0n) is 16.1. The molecule has 0 bridgehead atoms. The van der Waals surface area contributed by atoms with E-state index < -0.39 is 0 Å². The van der Waals surface area contributed by atoms with Gasteiger partial charge >= 0.3 is 0 Å². The molecule has 2 aromatic heterocycles. The summed E-state index contributed by atoms with van der Waals surface area (Å²) in [5.41, 5.74) is 2.26. The molecule has 1 saturated heterocycles. The maximum absolute atomic E-state index is 12.9. The van der Waals surface area contributed by atoms with E-state index in [0.717, 1.165) is 43.9 Å². The molecule has 0 aliphatic carbocycles. The van der Waals surface area contributed by atoms with Crippen molar-refractivity contribution in [1.82, 2.24) is 24.3 Å². The number of carbonyl (C=O) groups excluding carboxylic acids is 1. The van der Waals surface area contributed by atoms with Crippen molar-refractivity contribution in [2.75, 3.05) is 20.6 Å². The van der Waals surface area contributed by atoms with Gasteiger partial charge in [-0.1, -0.05) is 6.92 Å². The van der Waals surface area contributed by atoms with Gasteiger partial charge in [0.25, 0.3) is 0 Å². The highest BCUT2D eigenvalue weighted by Crippen LogP contribution is 2.32. The first-order valence-corrected chi connectivity index (χ1v) is 9.47. The van der Waals surface area contributed by atoms with Crippen molar-refractivity contribution < 1.29 is 4.79 Å². The summed E-state index contributed by atoms with van der Waals surface area (Å²) in [5.74, 6) is 1.27. The number of imidazole rings is 1. The second-order valence-electron chi connectivity index (χ2n) is 7.20. The van der Waals surface area contributed by atoms with Crippen molar-refractivity contribution in [1.29, 1.82) is 0 Å².